The number of hydrogen-bond donors (Lipinski definition) is 0. The fourth-order valence-corrected chi connectivity index (χ4v) is 4.40. The fraction of sp³-hybridized carbons (Fsp3) is 0.200. The molecule has 0 saturated heterocycles. The first-order valence-corrected chi connectivity index (χ1v) is 9.67. The molecule has 0 amide bonds. The number of nitrogens with zero attached hydrogens (tertiary/aromatic N) is 2. The summed E-state index contributed by atoms with van der Waals surface area (Å²) in [6.45, 7) is 3.02. The third kappa shape index (κ3) is 3.07. The summed E-state index contributed by atoms with van der Waals surface area (Å²) in [5, 5.41) is 1.31. The molecule has 1 aliphatic heterocycles. The van der Waals surface area contributed by atoms with Gasteiger partial charge in [0.05, 0.1) is 0 Å². The summed E-state index contributed by atoms with van der Waals surface area (Å²) in [4.78, 5) is 2.43. The first kappa shape index (κ1) is 16.3. The molecular weight excluding hydrogens is 328 g/mol. The van der Waals surface area contributed by atoms with Crippen molar-refractivity contribution in [2.75, 3.05) is 13.6 Å². The van der Waals surface area contributed by atoms with Crippen molar-refractivity contribution >= 4 is 10.9 Å². The van der Waals surface area contributed by atoms with Gasteiger partial charge in [0, 0.05) is 37.3 Å². The standard InChI is InChI=1S/C25H24N2/c1-26-17-22-9-5-6-10-23(22)24(18-26)21-12-11-20-13-14-27(25(20)15-21)16-19-7-3-2-4-8-19/h2-15,24H,16-18H2,1H3. The van der Waals surface area contributed by atoms with E-state index in [1.165, 1.54) is 33.2 Å². The van der Waals surface area contributed by atoms with Crippen LogP contribution in [-0.2, 0) is 13.1 Å². The summed E-state index contributed by atoms with van der Waals surface area (Å²) in [5.41, 5.74) is 7.01. The lowest BCUT2D eigenvalue weighted by Gasteiger charge is -2.32. The van der Waals surface area contributed by atoms with E-state index in [4.69, 9.17) is 0 Å². The predicted molar refractivity (Wildman–Crippen MR) is 112 cm³/mol. The van der Waals surface area contributed by atoms with Gasteiger partial charge in [-0.3, -0.25) is 0 Å². The highest BCUT2D eigenvalue weighted by Crippen LogP contribution is 2.34. The van der Waals surface area contributed by atoms with Gasteiger partial charge in [-0.2, -0.15) is 0 Å². The van der Waals surface area contributed by atoms with Gasteiger partial charge in [0.2, 0.25) is 0 Å². The molecule has 3 aromatic carbocycles. The van der Waals surface area contributed by atoms with Gasteiger partial charge in [0.1, 0.15) is 0 Å². The van der Waals surface area contributed by atoms with Gasteiger partial charge >= 0.3 is 0 Å². The van der Waals surface area contributed by atoms with E-state index in [2.05, 4.69) is 102 Å². The maximum absolute atomic E-state index is 2.43. The summed E-state index contributed by atoms with van der Waals surface area (Å²) < 4.78 is 2.37. The maximum Gasteiger partial charge on any atom is 0.0486 e. The van der Waals surface area contributed by atoms with Gasteiger partial charge in [-0.05, 0) is 46.8 Å². The Morgan fingerprint density at radius 2 is 1.70 bits per heavy atom. The molecule has 0 bridgehead atoms. The Kier molecular flexibility index (Phi) is 4.06. The third-order valence-electron chi connectivity index (χ3n) is 5.76. The zero-order chi connectivity index (χ0) is 18.2. The second-order valence-electron chi connectivity index (χ2n) is 7.70. The molecule has 1 unspecified atom stereocenters. The molecule has 0 spiro atoms. The van der Waals surface area contributed by atoms with Gasteiger partial charge in [-0.15, -0.1) is 0 Å². The Bertz CT molecular complexity index is 1080. The molecule has 1 atom stereocenters. The SMILES string of the molecule is CN1Cc2ccccc2C(c2ccc3ccn(Cc4ccccc4)c3c2)C1. The molecule has 2 nitrogen and oxygen atoms in total. The second-order valence-corrected chi connectivity index (χ2v) is 7.70. The molecule has 1 aliphatic rings. The number of benzene rings is 3. The second kappa shape index (κ2) is 6.71. The molecule has 0 radical (unpaired) electrons. The van der Waals surface area contributed by atoms with Crippen LogP contribution >= 0.6 is 0 Å². The quantitative estimate of drug-likeness (QED) is 0.488. The Labute approximate surface area is 160 Å². The van der Waals surface area contributed by atoms with Gasteiger partial charge in [-0.1, -0.05) is 66.7 Å². The monoisotopic (exact) mass is 352 g/mol. The van der Waals surface area contributed by atoms with Crippen LogP contribution in [0.3, 0.4) is 0 Å². The van der Waals surface area contributed by atoms with Crippen LogP contribution in [0.2, 0.25) is 0 Å². The molecule has 2 heteroatoms. The van der Waals surface area contributed by atoms with E-state index in [0.29, 0.717) is 5.92 Å². The Balaban J connectivity index is 1.56. The highest BCUT2D eigenvalue weighted by molar-refractivity contribution is 5.81. The molecule has 134 valence electrons. The minimum Gasteiger partial charge on any atom is -0.343 e. The van der Waals surface area contributed by atoms with Crippen molar-refractivity contribution in [1.29, 1.82) is 0 Å². The number of aromatic nitrogens is 1. The highest BCUT2D eigenvalue weighted by Gasteiger charge is 2.24. The molecule has 5 rings (SSSR count). The first-order valence-electron chi connectivity index (χ1n) is 9.67. The zero-order valence-electron chi connectivity index (χ0n) is 15.7. The summed E-state index contributed by atoms with van der Waals surface area (Å²) >= 11 is 0. The van der Waals surface area contributed by atoms with Crippen molar-refractivity contribution in [3.8, 4) is 0 Å². The van der Waals surface area contributed by atoms with Gasteiger partial charge in [-0.25, -0.2) is 0 Å². The highest BCUT2D eigenvalue weighted by atomic mass is 15.1. The number of rotatable bonds is 3. The summed E-state index contributed by atoms with van der Waals surface area (Å²) in [5.74, 6) is 0.435. The number of fused-ring (bicyclic) bond motifs is 2. The molecule has 0 fully saturated rings. The molecule has 0 aliphatic carbocycles. The predicted octanol–water partition coefficient (Wildman–Crippen LogP) is 5.27. The summed E-state index contributed by atoms with van der Waals surface area (Å²) in [6.07, 6.45) is 2.21. The normalized spacial score (nSPS) is 17.1. The largest absolute Gasteiger partial charge is 0.343 e. The Morgan fingerprint density at radius 3 is 2.59 bits per heavy atom. The van der Waals surface area contributed by atoms with E-state index in [1.807, 2.05) is 0 Å². The van der Waals surface area contributed by atoms with Crippen LogP contribution < -0.4 is 0 Å². The first-order chi connectivity index (χ1) is 13.3. The smallest absolute Gasteiger partial charge is 0.0486 e. The molecule has 2 heterocycles. The van der Waals surface area contributed by atoms with Crippen LogP contribution in [-0.4, -0.2) is 23.1 Å². The van der Waals surface area contributed by atoms with E-state index in [-0.39, 0.29) is 0 Å². The van der Waals surface area contributed by atoms with Crippen LogP contribution in [0.5, 0.6) is 0 Å². The lowest BCUT2D eigenvalue weighted by atomic mass is 9.84. The van der Waals surface area contributed by atoms with Crippen molar-refractivity contribution < 1.29 is 0 Å². The van der Waals surface area contributed by atoms with Crippen LogP contribution in [0.4, 0.5) is 0 Å². The number of likely N-dealkylation sites (N-methyl/N-ethyl adjacent to an activating group) is 1. The van der Waals surface area contributed by atoms with Gasteiger partial charge in [0.25, 0.3) is 0 Å². The van der Waals surface area contributed by atoms with E-state index in [9.17, 15) is 0 Å². The average molecular weight is 352 g/mol. The average Bonchev–Trinajstić information content (AvgIpc) is 3.10. The Hall–Kier alpha value is -2.84. The van der Waals surface area contributed by atoms with Gasteiger partial charge < -0.3 is 9.47 Å². The van der Waals surface area contributed by atoms with E-state index >= 15 is 0 Å². The van der Waals surface area contributed by atoms with Crippen molar-refractivity contribution in [2.45, 2.75) is 19.0 Å². The van der Waals surface area contributed by atoms with Crippen molar-refractivity contribution in [3.63, 3.8) is 0 Å². The van der Waals surface area contributed by atoms with Crippen LogP contribution in [0.1, 0.15) is 28.2 Å². The number of hydrogen-bond acceptors (Lipinski definition) is 1. The van der Waals surface area contributed by atoms with Crippen LogP contribution in [0, 0.1) is 0 Å². The zero-order valence-corrected chi connectivity index (χ0v) is 15.7. The minimum absolute atomic E-state index is 0.435. The molecule has 4 aromatic rings. The maximum atomic E-state index is 2.43. The Morgan fingerprint density at radius 1 is 0.889 bits per heavy atom. The van der Waals surface area contributed by atoms with Crippen molar-refractivity contribution in [3.05, 3.63) is 107 Å². The summed E-state index contributed by atoms with van der Waals surface area (Å²) in [7, 11) is 2.22. The van der Waals surface area contributed by atoms with Crippen molar-refractivity contribution in [2.24, 2.45) is 0 Å². The topological polar surface area (TPSA) is 8.17 Å². The molecule has 27 heavy (non-hydrogen) atoms. The molecule has 1 aromatic heterocycles. The van der Waals surface area contributed by atoms with E-state index in [0.717, 1.165) is 19.6 Å². The van der Waals surface area contributed by atoms with E-state index < -0.39 is 0 Å². The summed E-state index contributed by atoms with van der Waals surface area (Å²) in [6, 6.07) is 28.8. The fourth-order valence-electron chi connectivity index (χ4n) is 4.40. The third-order valence-corrected chi connectivity index (χ3v) is 5.76. The minimum atomic E-state index is 0.435. The van der Waals surface area contributed by atoms with Crippen LogP contribution in [0.15, 0.2) is 85.1 Å². The molecule has 0 saturated carbocycles. The van der Waals surface area contributed by atoms with E-state index in [1.54, 1.807) is 0 Å². The lowest BCUT2D eigenvalue weighted by Crippen LogP contribution is -2.30. The molecule has 0 N–H and O–H groups in total. The molecular formula is C25H24N2. The van der Waals surface area contributed by atoms with Crippen molar-refractivity contribution in [1.82, 2.24) is 9.47 Å². The van der Waals surface area contributed by atoms with Crippen LogP contribution in [0.25, 0.3) is 10.9 Å². The lowest BCUT2D eigenvalue weighted by molar-refractivity contribution is 0.295. The van der Waals surface area contributed by atoms with Gasteiger partial charge in [0.15, 0.2) is 0 Å².